The Hall–Kier alpha value is -1.26. The summed E-state index contributed by atoms with van der Waals surface area (Å²) < 4.78 is 0. The molecule has 0 heterocycles. The van der Waals surface area contributed by atoms with Crippen molar-refractivity contribution < 1.29 is 9.59 Å². The molecule has 2 atom stereocenters. The van der Waals surface area contributed by atoms with Crippen LogP contribution in [0.25, 0.3) is 0 Å². The standard InChI is InChI=1S/C10H16N2O2/c1-5(2)9(13)7(11)8(12)10(14)6(3)4/h7-8H,1,3,11-12H2,2,4H3. The summed E-state index contributed by atoms with van der Waals surface area (Å²) in [4.78, 5) is 22.6. The maximum atomic E-state index is 11.3. The number of hydrogen-bond acceptors (Lipinski definition) is 4. The third kappa shape index (κ3) is 2.90. The minimum absolute atomic E-state index is 0.294. The zero-order chi connectivity index (χ0) is 11.5. The number of nitrogens with two attached hydrogens (primary N) is 2. The van der Waals surface area contributed by atoms with Crippen LogP contribution in [0.5, 0.6) is 0 Å². The van der Waals surface area contributed by atoms with E-state index in [-0.39, 0.29) is 0 Å². The second kappa shape index (κ2) is 4.83. The molecule has 0 aliphatic heterocycles. The van der Waals surface area contributed by atoms with Gasteiger partial charge in [-0.1, -0.05) is 13.2 Å². The summed E-state index contributed by atoms with van der Waals surface area (Å²) in [5, 5.41) is 0. The summed E-state index contributed by atoms with van der Waals surface area (Å²) in [6.07, 6.45) is 0. The van der Waals surface area contributed by atoms with Crippen molar-refractivity contribution in [1.29, 1.82) is 0 Å². The fourth-order valence-corrected chi connectivity index (χ4v) is 0.895. The van der Waals surface area contributed by atoms with Crippen LogP contribution in [-0.4, -0.2) is 23.7 Å². The van der Waals surface area contributed by atoms with E-state index in [1.807, 2.05) is 0 Å². The lowest BCUT2D eigenvalue weighted by atomic mass is 9.95. The second-order valence-corrected chi connectivity index (χ2v) is 3.34. The van der Waals surface area contributed by atoms with Crippen molar-refractivity contribution in [1.82, 2.24) is 0 Å². The Labute approximate surface area is 83.6 Å². The molecule has 4 N–H and O–H groups in total. The van der Waals surface area contributed by atoms with Crippen molar-refractivity contribution in [3.63, 3.8) is 0 Å². The molecule has 0 aromatic rings. The number of carbonyl (C=O) groups excluding carboxylic acids is 2. The van der Waals surface area contributed by atoms with Gasteiger partial charge in [0.05, 0.1) is 12.1 Å². The maximum Gasteiger partial charge on any atom is 0.176 e. The Morgan fingerprint density at radius 2 is 1.14 bits per heavy atom. The molecule has 0 aliphatic carbocycles. The van der Waals surface area contributed by atoms with Gasteiger partial charge in [-0.25, -0.2) is 0 Å². The normalized spacial score (nSPS) is 14.3. The first-order chi connectivity index (χ1) is 6.29. The molecule has 4 heteroatoms. The van der Waals surface area contributed by atoms with Gasteiger partial charge in [0.15, 0.2) is 11.6 Å². The van der Waals surface area contributed by atoms with E-state index in [1.54, 1.807) is 0 Å². The Balaban J connectivity index is 4.62. The summed E-state index contributed by atoms with van der Waals surface area (Å²) in [6, 6.07) is -2.06. The highest BCUT2D eigenvalue weighted by molar-refractivity contribution is 6.06. The monoisotopic (exact) mass is 196 g/mol. The molecule has 0 amide bonds. The molecule has 0 rings (SSSR count). The highest BCUT2D eigenvalue weighted by atomic mass is 16.1. The zero-order valence-electron chi connectivity index (χ0n) is 8.54. The number of hydrogen-bond donors (Lipinski definition) is 2. The average Bonchev–Trinajstić information content (AvgIpc) is 2.12. The predicted octanol–water partition coefficient (Wildman–Crippen LogP) is -0.0686. The average molecular weight is 196 g/mol. The lowest BCUT2D eigenvalue weighted by Gasteiger charge is -2.17. The largest absolute Gasteiger partial charge is 0.320 e. The molecular formula is C10H16N2O2. The van der Waals surface area contributed by atoms with Gasteiger partial charge in [-0.05, 0) is 25.0 Å². The van der Waals surface area contributed by atoms with Crippen molar-refractivity contribution in [3.05, 3.63) is 24.3 Å². The lowest BCUT2D eigenvalue weighted by Crippen LogP contribution is -2.52. The Morgan fingerprint density at radius 3 is 1.29 bits per heavy atom. The van der Waals surface area contributed by atoms with Gasteiger partial charge < -0.3 is 11.5 Å². The smallest absolute Gasteiger partial charge is 0.176 e. The lowest BCUT2D eigenvalue weighted by molar-refractivity contribution is -0.122. The predicted molar refractivity (Wildman–Crippen MR) is 55.6 cm³/mol. The van der Waals surface area contributed by atoms with E-state index in [1.165, 1.54) is 13.8 Å². The van der Waals surface area contributed by atoms with E-state index in [0.717, 1.165) is 0 Å². The first kappa shape index (κ1) is 12.7. The molecule has 0 aromatic carbocycles. The van der Waals surface area contributed by atoms with Crippen LogP contribution in [0, 0.1) is 0 Å². The van der Waals surface area contributed by atoms with Gasteiger partial charge >= 0.3 is 0 Å². The van der Waals surface area contributed by atoms with Crippen molar-refractivity contribution in [3.8, 4) is 0 Å². The van der Waals surface area contributed by atoms with Crippen LogP contribution in [0.15, 0.2) is 24.3 Å². The molecule has 0 aliphatic rings. The van der Waals surface area contributed by atoms with Gasteiger partial charge in [-0.15, -0.1) is 0 Å². The maximum absolute atomic E-state index is 11.3. The van der Waals surface area contributed by atoms with E-state index in [2.05, 4.69) is 13.2 Å². The molecule has 78 valence electrons. The molecule has 14 heavy (non-hydrogen) atoms. The molecule has 0 saturated carbocycles. The molecule has 4 nitrogen and oxygen atoms in total. The van der Waals surface area contributed by atoms with Crippen LogP contribution in [0.2, 0.25) is 0 Å². The zero-order valence-corrected chi connectivity index (χ0v) is 8.54. The number of ketones is 2. The first-order valence-electron chi connectivity index (χ1n) is 4.19. The quantitative estimate of drug-likeness (QED) is 0.603. The van der Waals surface area contributed by atoms with Crippen molar-refractivity contribution in [2.75, 3.05) is 0 Å². The van der Waals surface area contributed by atoms with E-state index in [0.29, 0.717) is 11.1 Å². The minimum atomic E-state index is -1.03. The van der Waals surface area contributed by atoms with Crippen LogP contribution in [0.4, 0.5) is 0 Å². The SMILES string of the molecule is C=C(C)C(=O)C(N)C(N)C(=O)C(=C)C. The second-order valence-electron chi connectivity index (χ2n) is 3.34. The highest BCUT2D eigenvalue weighted by Gasteiger charge is 2.27. The third-order valence-corrected chi connectivity index (χ3v) is 1.83. The topological polar surface area (TPSA) is 86.2 Å². The minimum Gasteiger partial charge on any atom is -0.320 e. The van der Waals surface area contributed by atoms with E-state index in [9.17, 15) is 9.59 Å². The molecule has 0 radical (unpaired) electrons. The first-order valence-corrected chi connectivity index (χ1v) is 4.19. The molecule has 0 saturated heterocycles. The van der Waals surface area contributed by atoms with Crippen LogP contribution in [0.1, 0.15) is 13.8 Å². The van der Waals surface area contributed by atoms with E-state index >= 15 is 0 Å². The van der Waals surface area contributed by atoms with Gasteiger partial charge in [0.25, 0.3) is 0 Å². The van der Waals surface area contributed by atoms with Crippen molar-refractivity contribution >= 4 is 11.6 Å². The highest BCUT2D eigenvalue weighted by Crippen LogP contribution is 2.02. The third-order valence-electron chi connectivity index (χ3n) is 1.83. The van der Waals surface area contributed by atoms with Gasteiger partial charge in [-0.2, -0.15) is 0 Å². The van der Waals surface area contributed by atoms with Crippen molar-refractivity contribution in [2.24, 2.45) is 11.5 Å². The molecule has 0 fully saturated rings. The molecule has 0 aromatic heterocycles. The van der Waals surface area contributed by atoms with E-state index in [4.69, 9.17) is 11.5 Å². The molecule has 0 bridgehead atoms. The summed E-state index contributed by atoms with van der Waals surface area (Å²) in [5.74, 6) is -0.792. The van der Waals surface area contributed by atoms with Crippen LogP contribution >= 0.6 is 0 Å². The van der Waals surface area contributed by atoms with Crippen LogP contribution < -0.4 is 11.5 Å². The summed E-state index contributed by atoms with van der Waals surface area (Å²) in [7, 11) is 0. The molecule has 2 unspecified atom stereocenters. The van der Waals surface area contributed by atoms with Gasteiger partial charge in [0, 0.05) is 0 Å². The van der Waals surface area contributed by atoms with Crippen LogP contribution in [0.3, 0.4) is 0 Å². The van der Waals surface area contributed by atoms with E-state index < -0.39 is 23.7 Å². The summed E-state index contributed by atoms with van der Waals surface area (Å²) in [5.41, 5.74) is 11.6. The van der Waals surface area contributed by atoms with Crippen molar-refractivity contribution in [2.45, 2.75) is 25.9 Å². The molecular weight excluding hydrogens is 180 g/mol. The van der Waals surface area contributed by atoms with Crippen LogP contribution in [-0.2, 0) is 9.59 Å². The van der Waals surface area contributed by atoms with Gasteiger partial charge in [0.2, 0.25) is 0 Å². The Bertz CT molecular complexity index is 264. The molecule has 0 spiro atoms. The fraction of sp³-hybridized carbons (Fsp3) is 0.400. The summed E-state index contributed by atoms with van der Waals surface area (Å²) >= 11 is 0. The Kier molecular flexibility index (Phi) is 4.40. The summed E-state index contributed by atoms with van der Waals surface area (Å²) in [6.45, 7) is 9.94. The van der Waals surface area contributed by atoms with Gasteiger partial charge in [-0.3, -0.25) is 9.59 Å². The number of carbonyl (C=O) groups is 2. The number of rotatable bonds is 5. The van der Waals surface area contributed by atoms with Gasteiger partial charge in [0.1, 0.15) is 0 Å². The fourth-order valence-electron chi connectivity index (χ4n) is 0.895. The Morgan fingerprint density at radius 1 is 0.929 bits per heavy atom. The number of Topliss-reactive ketones (excluding diaryl/α,β-unsaturated/α-hetero) is 2.